The molecule has 1 heterocycles. The molecule has 122 valence electrons. The van der Waals surface area contributed by atoms with Gasteiger partial charge in [0.05, 0.1) is 7.11 Å². The Balaban J connectivity index is 1.66. The highest BCUT2D eigenvalue weighted by Crippen LogP contribution is 2.22. The molecule has 0 aliphatic heterocycles. The third-order valence-corrected chi connectivity index (χ3v) is 3.70. The van der Waals surface area contributed by atoms with Gasteiger partial charge in [-0.15, -0.1) is 0 Å². The van der Waals surface area contributed by atoms with Gasteiger partial charge in [-0.2, -0.15) is 0 Å². The molecule has 0 spiro atoms. The number of methoxy groups -OCH3 is 1. The van der Waals surface area contributed by atoms with Crippen LogP contribution in [0.5, 0.6) is 5.75 Å². The molecule has 0 radical (unpaired) electrons. The van der Waals surface area contributed by atoms with Gasteiger partial charge in [0.15, 0.2) is 0 Å². The van der Waals surface area contributed by atoms with E-state index in [-0.39, 0.29) is 11.7 Å². The minimum atomic E-state index is -0.331. The van der Waals surface area contributed by atoms with Gasteiger partial charge in [-0.05, 0) is 42.0 Å². The molecule has 0 fully saturated rings. The molecule has 24 heavy (non-hydrogen) atoms. The highest BCUT2D eigenvalue weighted by Gasteiger charge is 2.14. The van der Waals surface area contributed by atoms with E-state index < -0.39 is 0 Å². The maximum atomic E-state index is 12.2. The van der Waals surface area contributed by atoms with Crippen LogP contribution in [0.2, 0.25) is 5.02 Å². The molecule has 0 aliphatic carbocycles. The van der Waals surface area contributed by atoms with Crippen molar-refractivity contribution in [2.45, 2.75) is 6.54 Å². The smallest absolute Gasteiger partial charge is 0.290 e. The highest BCUT2D eigenvalue weighted by atomic mass is 35.5. The predicted octanol–water partition coefficient (Wildman–Crippen LogP) is 3.93. The maximum Gasteiger partial charge on any atom is 0.290 e. The molecule has 1 N–H and O–H groups in total. The monoisotopic (exact) mass is 342 g/mol. The number of halogens is 1. The Kier molecular flexibility index (Phi) is 4.82. The lowest BCUT2D eigenvalue weighted by Crippen LogP contribution is -2.22. The number of rotatable bonds is 5. The average Bonchev–Trinajstić information content (AvgIpc) is 3.10. The number of benzene rings is 2. The van der Waals surface area contributed by atoms with Crippen LogP contribution in [0.25, 0.3) is 11.3 Å². The van der Waals surface area contributed by atoms with E-state index >= 15 is 0 Å². The number of hydrogen-bond acceptors (Lipinski definition) is 4. The first-order valence-electron chi connectivity index (χ1n) is 7.29. The molecular weight excluding hydrogens is 328 g/mol. The first-order valence-corrected chi connectivity index (χ1v) is 7.67. The number of carbonyl (C=O) groups is 1. The number of carbonyl (C=O) groups excluding carboxylic acids is 1. The molecule has 1 amide bonds. The largest absolute Gasteiger partial charge is 0.497 e. The van der Waals surface area contributed by atoms with Crippen molar-refractivity contribution >= 4 is 17.5 Å². The fourth-order valence-corrected chi connectivity index (χ4v) is 2.41. The summed E-state index contributed by atoms with van der Waals surface area (Å²) in [6.45, 7) is 0.359. The summed E-state index contributed by atoms with van der Waals surface area (Å²) in [6, 6.07) is 16.3. The number of nitrogens with one attached hydrogen (secondary N) is 1. The molecule has 3 rings (SSSR count). The summed E-state index contributed by atoms with van der Waals surface area (Å²) in [5.41, 5.74) is 2.34. The predicted molar refractivity (Wildman–Crippen MR) is 91.1 cm³/mol. The second-order valence-corrected chi connectivity index (χ2v) is 5.55. The van der Waals surface area contributed by atoms with E-state index in [1.807, 2.05) is 36.4 Å². The minimum Gasteiger partial charge on any atom is -0.497 e. The van der Waals surface area contributed by atoms with E-state index in [0.29, 0.717) is 17.3 Å². The number of hydrogen-bond donors (Lipinski definition) is 1. The molecule has 0 saturated heterocycles. The van der Waals surface area contributed by atoms with Crippen LogP contribution in [0.1, 0.15) is 16.1 Å². The van der Waals surface area contributed by atoms with Crippen molar-refractivity contribution in [2.75, 3.05) is 7.11 Å². The fourth-order valence-electron chi connectivity index (χ4n) is 2.20. The van der Waals surface area contributed by atoms with Crippen LogP contribution in [0.15, 0.2) is 59.1 Å². The summed E-state index contributed by atoms with van der Waals surface area (Å²) in [4.78, 5) is 12.2. The average molecular weight is 343 g/mol. The summed E-state index contributed by atoms with van der Waals surface area (Å²) in [5, 5.41) is 7.34. The standard InChI is InChI=1S/C18H15ClN2O3/c1-23-15-7-5-13(6-8-15)16-10-17(24-21-16)18(22)20-11-12-3-2-4-14(19)9-12/h2-10H,11H2,1H3,(H,20,22). The molecule has 2 aromatic carbocycles. The van der Waals surface area contributed by atoms with E-state index in [2.05, 4.69) is 10.5 Å². The van der Waals surface area contributed by atoms with Crippen LogP contribution in [-0.2, 0) is 6.54 Å². The number of amides is 1. The first kappa shape index (κ1) is 16.1. The summed E-state index contributed by atoms with van der Waals surface area (Å²) in [5.74, 6) is 0.576. The molecule has 0 bridgehead atoms. The molecule has 0 unspecified atom stereocenters. The summed E-state index contributed by atoms with van der Waals surface area (Å²) >= 11 is 5.92. The lowest BCUT2D eigenvalue weighted by molar-refractivity contribution is 0.0914. The van der Waals surface area contributed by atoms with E-state index in [0.717, 1.165) is 16.9 Å². The Hall–Kier alpha value is -2.79. The topological polar surface area (TPSA) is 64.4 Å². The van der Waals surface area contributed by atoms with Crippen molar-refractivity contribution in [2.24, 2.45) is 0 Å². The zero-order valence-electron chi connectivity index (χ0n) is 13.0. The van der Waals surface area contributed by atoms with E-state index in [9.17, 15) is 4.79 Å². The lowest BCUT2D eigenvalue weighted by atomic mass is 10.1. The quantitative estimate of drug-likeness (QED) is 0.763. The number of ether oxygens (including phenoxy) is 1. The lowest BCUT2D eigenvalue weighted by Gasteiger charge is -2.03. The Morgan fingerprint density at radius 1 is 1.21 bits per heavy atom. The highest BCUT2D eigenvalue weighted by molar-refractivity contribution is 6.30. The Morgan fingerprint density at radius 2 is 2.00 bits per heavy atom. The van der Waals surface area contributed by atoms with Gasteiger partial charge in [-0.1, -0.05) is 28.9 Å². The molecule has 6 heteroatoms. The van der Waals surface area contributed by atoms with Crippen LogP contribution in [0.4, 0.5) is 0 Å². The van der Waals surface area contributed by atoms with E-state index in [1.165, 1.54) is 0 Å². The van der Waals surface area contributed by atoms with Crippen molar-refractivity contribution in [3.05, 3.63) is 70.9 Å². The molecule has 5 nitrogen and oxygen atoms in total. The van der Waals surface area contributed by atoms with Gasteiger partial charge in [0.1, 0.15) is 11.4 Å². The van der Waals surface area contributed by atoms with Gasteiger partial charge < -0.3 is 14.6 Å². The van der Waals surface area contributed by atoms with E-state index in [4.69, 9.17) is 20.9 Å². The summed E-state index contributed by atoms with van der Waals surface area (Å²) < 4.78 is 10.2. The molecule has 0 atom stereocenters. The normalized spacial score (nSPS) is 10.4. The van der Waals surface area contributed by atoms with Gasteiger partial charge in [0, 0.05) is 23.2 Å². The molecule has 0 aliphatic rings. The van der Waals surface area contributed by atoms with Crippen molar-refractivity contribution in [1.82, 2.24) is 10.5 Å². The van der Waals surface area contributed by atoms with Gasteiger partial charge in [0.25, 0.3) is 5.91 Å². The van der Waals surface area contributed by atoms with Gasteiger partial charge in [-0.25, -0.2) is 0 Å². The molecule has 1 aromatic heterocycles. The summed E-state index contributed by atoms with van der Waals surface area (Å²) in [7, 11) is 1.60. The van der Waals surface area contributed by atoms with Gasteiger partial charge >= 0.3 is 0 Å². The Bertz CT molecular complexity index is 843. The SMILES string of the molecule is COc1ccc(-c2cc(C(=O)NCc3cccc(Cl)c3)on2)cc1. The van der Waals surface area contributed by atoms with Crippen LogP contribution < -0.4 is 10.1 Å². The molecule has 3 aromatic rings. The summed E-state index contributed by atoms with van der Waals surface area (Å²) in [6.07, 6.45) is 0. The third-order valence-electron chi connectivity index (χ3n) is 3.46. The first-order chi connectivity index (χ1) is 11.7. The van der Waals surface area contributed by atoms with Crippen LogP contribution >= 0.6 is 11.6 Å². The Labute approximate surface area is 144 Å². The van der Waals surface area contributed by atoms with Crippen molar-refractivity contribution in [3.63, 3.8) is 0 Å². The minimum absolute atomic E-state index is 0.155. The second kappa shape index (κ2) is 7.19. The fraction of sp³-hybridized carbons (Fsp3) is 0.111. The zero-order valence-corrected chi connectivity index (χ0v) is 13.7. The van der Waals surface area contributed by atoms with Gasteiger partial charge in [0.2, 0.25) is 5.76 Å². The molecular formula is C18H15ClN2O3. The van der Waals surface area contributed by atoms with Crippen molar-refractivity contribution in [1.29, 1.82) is 0 Å². The van der Waals surface area contributed by atoms with Crippen LogP contribution in [-0.4, -0.2) is 18.2 Å². The van der Waals surface area contributed by atoms with E-state index in [1.54, 1.807) is 25.3 Å². The van der Waals surface area contributed by atoms with Crippen molar-refractivity contribution in [3.8, 4) is 17.0 Å². The Morgan fingerprint density at radius 3 is 2.71 bits per heavy atom. The maximum absolute atomic E-state index is 12.2. The van der Waals surface area contributed by atoms with Crippen LogP contribution in [0.3, 0.4) is 0 Å². The number of aromatic nitrogens is 1. The zero-order chi connectivity index (χ0) is 16.9. The third kappa shape index (κ3) is 3.75. The molecule has 0 saturated carbocycles. The van der Waals surface area contributed by atoms with Crippen molar-refractivity contribution < 1.29 is 14.1 Å². The second-order valence-electron chi connectivity index (χ2n) is 5.12. The van der Waals surface area contributed by atoms with Crippen LogP contribution in [0, 0.1) is 0 Å². The van der Waals surface area contributed by atoms with Gasteiger partial charge in [-0.3, -0.25) is 4.79 Å². The number of nitrogens with zero attached hydrogens (tertiary/aromatic N) is 1.